The molecule has 0 saturated heterocycles. The average molecular weight is 522 g/mol. The van der Waals surface area contributed by atoms with Crippen molar-refractivity contribution in [2.45, 2.75) is 5.92 Å². The second-order valence-electron chi connectivity index (χ2n) is 8.26. The van der Waals surface area contributed by atoms with Crippen molar-refractivity contribution in [3.63, 3.8) is 0 Å². The molecule has 2 amide bonds. The molecule has 0 saturated carbocycles. The number of methoxy groups -OCH3 is 3. The number of benzene rings is 3. The summed E-state index contributed by atoms with van der Waals surface area (Å²) in [6, 6.07) is 18.6. The van der Waals surface area contributed by atoms with Gasteiger partial charge in [-0.05, 0) is 35.4 Å². The van der Waals surface area contributed by atoms with Crippen LogP contribution in [0.4, 0.5) is 0 Å². The van der Waals surface area contributed by atoms with E-state index in [-0.39, 0.29) is 23.9 Å². The number of rotatable bonds is 10. The van der Waals surface area contributed by atoms with Gasteiger partial charge in [0.05, 0.1) is 27.9 Å². The molecule has 3 aromatic carbocycles. The molecule has 0 aliphatic rings. The second kappa shape index (κ2) is 11.7. The van der Waals surface area contributed by atoms with Crippen LogP contribution in [0.15, 0.2) is 66.9 Å². The molecule has 1 atom stereocenters. The number of para-hydroxylation sites is 1. The van der Waals surface area contributed by atoms with E-state index in [2.05, 4.69) is 15.6 Å². The van der Waals surface area contributed by atoms with Gasteiger partial charge in [-0.25, -0.2) is 0 Å². The van der Waals surface area contributed by atoms with E-state index in [9.17, 15) is 9.59 Å². The van der Waals surface area contributed by atoms with Gasteiger partial charge in [0.2, 0.25) is 11.7 Å². The van der Waals surface area contributed by atoms with Crippen molar-refractivity contribution >= 4 is 34.3 Å². The van der Waals surface area contributed by atoms with E-state index >= 15 is 0 Å². The summed E-state index contributed by atoms with van der Waals surface area (Å²) in [5.74, 6) is 0.0868. The number of ether oxygens (including phenoxy) is 3. The van der Waals surface area contributed by atoms with E-state index in [0.29, 0.717) is 28.8 Å². The molecule has 1 heterocycles. The number of aromatic amines is 1. The standard InChI is InChI=1S/C28H28ClN3O5/c1-35-24-12-17(13-25(36-2)27(24)37-3)28(34)32-16-26(33)31-15-20(18-8-4-6-10-22(18)29)21-14-30-23-11-7-5-9-19(21)23/h4-14,20,30H,15-16H2,1-3H3,(H,31,33)(H,32,34)/t20-/m1/s1. The maximum atomic E-state index is 12.8. The number of hydrogen-bond acceptors (Lipinski definition) is 5. The number of aromatic nitrogens is 1. The van der Waals surface area contributed by atoms with Crippen LogP contribution in [0.1, 0.15) is 27.4 Å². The maximum absolute atomic E-state index is 12.8. The summed E-state index contributed by atoms with van der Waals surface area (Å²) >= 11 is 6.53. The summed E-state index contributed by atoms with van der Waals surface area (Å²) in [7, 11) is 4.42. The fourth-order valence-electron chi connectivity index (χ4n) is 4.28. The zero-order chi connectivity index (χ0) is 26.4. The van der Waals surface area contributed by atoms with Gasteiger partial charge in [0, 0.05) is 40.1 Å². The van der Waals surface area contributed by atoms with Gasteiger partial charge in [0.15, 0.2) is 11.5 Å². The molecule has 1 aromatic heterocycles. The van der Waals surface area contributed by atoms with Gasteiger partial charge in [0.25, 0.3) is 5.91 Å². The van der Waals surface area contributed by atoms with E-state index in [1.807, 2.05) is 54.7 Å². The molecule has 4 aromatic rings. The molecule has 0 radical (unpaired) electrons. The number of H-pyrrole nitrogens is 1. The van der Waals surface area contributed by atoms with E-state index in [1.54, 1.807) is 0 Å². The van der Waals surface area contributed by atoms with Gasteiger partial charge < -0.3 is 29.8 Å². The largest absolute Gasteiger partial charge is 0.493 e. The summed E-state index contributed by atoms with van der Waals surface area (Å²) < 4.78 is 15.9. The highest BCUT2D eigenvalue weighted by Crippen LogP contribution is 2.38. The first-order chi connectivity index (χ1) is 18.0. The Kier molecular flexibility index (Phi) is 8.20. The zero-order valence-corrected chi connectivity index (χ0v) is 21.5. The molecule has 0 fully saturated rings. The van der Waals surface area contributed by atoms with Crippen LogP contribution in [0.2, 0.25) is 5.02 Å². The molecular formula is C28H28ClN3O5. The monoisotopic (exact) mass is 521 g/mol. The Morgan fingerprint density at radius 3 is 2.24 bits per heavy atom. The third kappa shape index (κ3) is 5.65. The highest BCUT2D eigenvalue weighted by molar-refractivity contribution is 6.31. The van der Waals surface area contributed by atoms with Crippen LogP contribution in [0.5, 0.6) is 17.2 Å². The SMILES string of the molecule is COc1cc(C(=O)NCC(=O)NC[C@H](c2ccccc2Cl)c2c[nH]c3ccccc23)cc(OC)c1OC. The van der Waals surface area contributed by atoms with Gasteiger partial charge in [-0.2, -0.15) is 0 Å². The van der Waals surface area contributed by atoms with Crippen molar-refractivity contribution in [1.29, 1.82) is 0 Å². The van der Waals surface area contributed by atoms with Crippen molar-refractivity contribution in [3.05, 3.63) is 88.6 Å². The summed E-state index contributed by atoms with van der Waals surface area (Å²) in [5.41, 5.74) is 3.19. The zero-order valence-electron chi connectivity index (χ0n) is 20.8. The number of fused-ring (bicyclic) bond motifs is 1. The lowest BCUT2D eigenvalue weighted by atomic mass is 9.90. The molecule has 0 aliphatic carbocycles. The fourth-order valence-corrected chi connectivity index (χ4v) is 4.55. The summed E-state index contributed by atoms with van der Waals surface area (Å²) in [6.45, 7) is 0.0864. The van der Waals surface area contributed by atoms with Crippen molar-refractivity contribution in [2.75, 3.05) is 34.4 Å². The van der Waals surface area contributed by atoms with Crippen LogP contribution in [0, 0.1) is 0 Å². The lowest BCUT2D eigenvalue weighted by molar-refractivity contribution is -0.120. The fraction of sp³-hybridized carbons (Fsp3) is 0.214. The van der Waals surface area contributed by atoms with Crippen LogP contribution in [0.25, 0.3) is 10.9 Å². The predicted octanol–water partition coefficient (Wildman–Crippen LogP) is 4.53. The average Bonchev–Trinajstić information content (AvgIpc) is 3.35. The van der Waals surface area contributed by atoms with Gasteiger partial charge >= 0.3 is 0 Å². The maximum Gasteiger partial charge on any atom is 0.251 e. The molecule has 4 rings (SSSR count). The Morgan fingerprint density at radius 2 is 1.57 bits per heavy atom. The van der Waals surface area contributed by atoms with Crippen LogP contribution >= 0.6 is 11.6 Å². The van der Waals surface area contributed by atoms with Crippen molar-refractivity contribution in [2.24, 2.45) is 0 Å². The molecule has 0 spiro atoms. The number of nitrogens with one attached hydrogen (secondary N) is 3. The molecule has 0 bridgehead atoms. The molecule has 3 N–H and O–H groups in total. The van der Waals surface area contributed by atoms with Crippen molar-refractivity contribution in [3.8, 4) is 17.2 Å². The molecule has 37 heavy (non-hydrogen) atoms. The summed E-state index contributed by atoms with van der Waals surface area (Å²) in [6.07, 6.45) is 1.94. The Labute approximate surface area is 219 Å². The van der Waals surface area contributed by atoms with Gasteiger partial charge in [-0.3, -0.25) is 9.59 Å². The quantitative estimate of drug-likeness (QED) is 0.285. The number of amides is 2. The Hall–Kier alpha value is -4.17. The molecular weight excluding hydrogens is 494 g/mol. The first-order valence-electron chi connectivity index (χ1n) is 11.6. The van der Waals surface area contributed by atoms with Crippen LogP contribution in [-0.2, 0) is 4.79 Å². The molecule has 0 unspecified atom stereocenters. The van der Waals surface area contributed by atoms with E-state index in [0.717, 1.165) is 22.0 Å². The van der Waals surface area contributed by atoms with E-state index in [1.165, 1.54) is 33.5 Å². The highest BCUT2D eigenvalue weighted by atomic mass is 35.5. The number of hydrogen-bond donors (Lipinski definition) is 3. The van der Waals surface area contributed by atoms with Gasteiger partial charge in [0.1, 0.15) is 0 Å². The third-order valence-corrected chi connectivity index (χ3v) is 6.46. The minimum absolute atomic E-state index is 0.195. The number of carbonyl (C=O) groups is 2. The molecule has 8 nitrogen and oxygen atoms in total. The Bertz CT molecular complexity index is 1390. The minimum atomic E-state index is -0.450. The number of halogens is 1. The summed E-state index contributed by atoms with van der Waals surface area (Å²) in [5, 5.41) is 7.25. The smallest absolute Gasteiger partial charge is 0.251 e. The Morgan fingerprint density at radius 1 is 0.892 bits per heavy atom. The first-order valence-corrected chi connectivity index (χ1v) is 12.0. The van der Waals surface area contributed by atoms with Crippen LogP contribution in [-0.4, -0.2) is 51.2 Å². The van der Waals surface area contributed by atoms with Crippen molar-refractivity contribution < 1.29 is 23.8 Å². The van der Waals surface area contributed by atoms with E-state index in [4.69, 9.17) is 25.8 Å². The molecule has 9 heteroatoms. The topological polar surface area (TPSA) is 102 Å². The predicted molar refractivity (Wildman–Crippen MR) is 143 cm³/mol. The molecule has 192 valence electrons. The van der Waals surface area contributed by atoms with Crippen LogP contribution < -0.4 is 24.8 Å². The number of carbonyl (C=O) groups excluding carboxylic acids is 2. The minimum Gasteiger partial charge on any atom is -0.493 e. The molecule has 0 aliphatic heterocycles. The van der Waals surface area contributed by atoms with Gasteiger partial charge in [-0.1, -0.05) is 48.0 Å². The van der Waals surface area contributed by atoms with Crippen molar-refractivity contribution in [1.82, 2.24) is 15.6 Å². The Balaban J connectivity index is 1.47. The van der Waals surface area contributed by atoms with Crippen LogP contribution in [0.3, 0.4) is 0 Å². The van der Waals surface area contributed by atoms with Gasteiger partial charge in [-0.15, -0.1) is 0 Å². The summed E-state index contributed by atoms with van der Waals surface area (Å²) in [4.78, 5) is 28.8. The lowest BCUT2D eigenvalue weighted by Crippen LogP contribution is -2.38. The van der Waals surface area contributed by atoms with E-state index < -0.39 is 5.91 Å². The lowest BCUT2D eigenvalue weighted by Gasteiger charge is -2.19. The first kappa shape index (κ1) is 25.9. The normalized spacial score (nSPS) is 11.6. The third-order valence-electron chi connectivity index (χ3n) is 6.12. The second-order valence-corrected chi connectivity index (χ2v) is 8.67. The highest BCUT2D eigenvalue weighted by Gasteiger charge is 2.22.